The summed E-state index contributed by atoms with van der Waals surface area (Å²) < 4.78 is 36.8. The Bertz CT molecular complexity index is 474. The van der Waals surface area contributed by atoms with Crippen molar-refractivity contribution in [1.82, 2.24) is 9.62 Å². The van der Waals surface area contributed by atoms with E-state index in [4.69, 9.17) is 0 Å². The van der Waals surface area contributed by atoms with Crippen LogP contribution in [0.2, 0.25) is 0 Å². The van der Waals surface area contributed by atoms with E-state index < -0.39 is 10.0 Å². The van der Waals surface area contributed by atoms with E-state index in [1.165, 1.54) is 22.7 Å². The van der Waals surface area contributed by atoms with Gasteiger partial charge in [0.25, 0.3) is 0 Å². The van der Waals surface area contributed by atoms with Crippen LogP contribution in [-0.4, -0.2) is 38.6 Å². The van der Waals surface area contributed by atoms with Crippen LogP contribution < -0.4 is 5.32 Å². The zero-order valence-electron chi connectivity index (χ0n) is 11.4. The lowest BCUT2D eigenvalue weighted by Crippen LogP contribution is -2.32. The van der Waals surface area contributed by atoms with Crippen molar-refractivity contribution in [3.63, 3.8) is 0 Å². The summed E-state index contributed by atoms with van der Waals surface area (Å²) in [6.45, 7) is 4.23. The van der Waals surface area contributed by atoms with E-state index in [9.17, 15) is 12.8 Å². The minimum absolute atomic E-state index is 0.240. The molecular formula is C13H21FN2O2S. The molecule has 0 atom stereocenters. The van der Waals surface area contributed by atoms with Gasteiger partial charge in [0.05, 0.1) is 6.26 Å². The van der Waals surface area contributed by atoms with Crippen molar-refractivity contribution in [2.75, 3.05) is 25.9 Å². The largest absolute Gasteiger partial charge is 0.313 e. The van der Waals surface area contributed by atoms with E-state index in [0.29, 0.717) is 19.6 Å². The summed E-state index contributed by atoms with van der Waals surface area (Å²) in [5, 5.41) is 3.21. The first-order valence-electron chi connectivity index (χ1n) is 6.33. The second kappa shape index (κ2) is 7.57. The first-order chi connectivity index (χ1) is 8.93. The van der Waals surface area contributed by atoms with Crippen LogP contribution in [0, 0.1) is 5.82 Å². The lowest BCUT2D eigenvalue weighted by molar-refractivity contribution is 0.419. The summed E-state index contributed by atoms with van der Waals surface area (Å²) in [6.07, 6.45) is 1.98. The van der Waals surface area contributed by atoms with Gasteiger partial charge < -0.3 is 5.32 Å². The van der Waals surface area contributed by atoms with Gasteiger partial charge in [-0.1, -0.05) is 19.1 Å². The molecule has 4 nitrogen and oxygen atoms in total. The molecule has 0 spiro atoms. The molecule has 0 bridgehead atoms. The molecule has 6 heteroatoms. The maximum Gasteiger partial charge on any atom is 0.211 e. The minimum atomic E-state index is -3.10. The van der Waals surface area contributed by atoms with Crippen molar-refractivity contribution in [2.45, 2.75) is 19.9 Å². The number of hydrogen-bond acceptors (Lipinski definition) is 3. The third-order valence-electron chi connectivity index (χ3n) is 2.83. The van der Waals surface area contributed by atoms with Crippen LogP contribution in [0.15, 0.2) is 24.3 Å². The summed E-state index contributed by atoms with van der Waals surface area (Å²) in [7, 11) is -3.10. The highest BCUT2D eigenvalue weighted by molar-refractivity contribution is 7.88. The third-order valence-corrected chi connectivity index (χ3v) is 4.20. The fourth-order valence-electron chi connectivity index (χ4n) is 1.77. The molecule has 0 fully saturated rings. The maximum atomic E-state index is 12.7. The predicted molar refractivity (Wildman–Crippen MR) is 74.8 cm³/mol. The molecule has 0 unspecified atom stereocenters. The summed E-state index contributed by atoms with van der Waals surface area (Å²) in [5.41, 5.74) is 1.01. The van der Waals surface area contributed by atoms with Crippen molar-refractivity contribution in [3.05, 3.63) is 35.6 Å². The molecule has 0 aliphatic rings. The number of nitrogens with zero attached hydrogens (tertiary/aromatic N) is 1. The molecule has 0 amide bonds. The molecule has 0 saturated carbocycles. The van der Waals surface area contributed by atoms with Crippen molar-refractivity contribution in [2.24, 2.45) is 0 Å². The molecule has 19 heavy (non-hydrogen) atoms. The first kappa shape index (κ1) is 16.1. The average molecular weight is 288 g/mol. The van der Waals surface area contributed by atoms with Crippen LogP contribution in [0.3, 0.4) is 0 Å². The minimum Gasteiger partial charge on any atom is -0.313 e. The van der Waals surface area contributed by atoms with Gasteiger partial charge in [0.2, 0.25) is 10.0 Å². The van der Waals surface area contributed by atoms with Gasteiger partial charge >= 0.3 is 0 Å². The fourth-order valence-corrected chi connectivity index (χ4v) is 2.70. The Hall–Kier alpha value is -0.980. The SMILES string of the molecule is CCN(CCCNCc1ccc(F)cc1)S(C)(=O)=O. The molecule has 1 aromatic carbocycles. The zero-order valence-corrected chi connectivity index (χ0v) is 12.2. The average Bonchev–Trinajstić information content (AvgIpc) is 2.34. The van der Waals surface area contributed by atoms with Crippen LogP contribution in [0.4, 0.5) is 4.39 Å². The second-order valence-corrected chi connectivity index (χ2v) is 6.39. The van der Waals surface area contributed by atoms with Crippen molar-refractivity contribution in [1.29, 1.82) is 0 Å². The molecule has 0 aliphatic carbocycles. The monoisotopic (exact) mass is 288 g/mol. The van der Waals surface area contributed by atoms with E-state index in [1.807, 2.05) is 6.92 Å². The van der Waals surface area contributed by atoms with E-state index in [2.05, 4.69) is 5.32 Å². The Balaban J connectivity index is 2.22. The van der Waals surface area contributed by atoms with Crippen LogP contribution in [-0.2, 0) is 16.6 Å². The topological polar surface area (TPSA) is 49.4 Å². The molecule has 108 valence electrons. The molecule has 1 N–H and O–H groups in total. The van der Waals surface area contributed by atoms with Gasteiger partial charge in [-0.25, -0.2) is 17.1 Å². The van der Waals surface area contributed by atoms with Gasteiger partial charge in [0, 0.05) is 19.6 Å². The van der Waals surface area contributed by atoms with Crippen LogP contribution in [0.5, 0.6) is 0 Å². The Morgan fingerprint density at radius 3 is 2.42 bits per heavy atom. The fraction of sp³-hybridized carbons (Fsp3) is 0.538. The van der Waals surface area contributed by atoms with Gasteiger partial charge in [0.1, 0.15) is 5.82 Å². The van der Waals surface area contributed by atoms with Crippen molar-refractivity contribution >= 4 is 10.0 Å². The number of nitrogens with one attached hydrogen (secondary N) is 1. The van der Waals surface area contributed by atoms with Gasteiger partial charge in [-0.2, -0.15) is 0 Å². The van der Waals surface area contributed by atoms with Gasteiger partial charge in [0.15, 0.2) is 0 Å². The van der Waals surface area contributed by atoms with Gasteiger partial charge in [-0.15, -0.1) is 0 Å². The number of benzene rings is 1. The molecule has 0 radical (unpaired) electrons. The summed E-state index contributed by atoms with van der Waals surface area (Å²) >= 11 is 0. The highest BCUT2D eigenvalue weighted by Crippen LogP contribution is 2.02. The lowest BCUT2D eigenvalue weighted by Gasteiger charge is -2.17. The number of halogens is 1. The number of sulfonamides is 1. The van der Waals surface area contributed by atoms with Gasteiger partial charge in [-0.3, -0.25) is 0 Å². The smallest absolute Gasteiger partial charge is 0.211 e. The summed E-state index contributed by atoms with van der Waals surface area (Å²) in [4.78, 5) is 0. The molecule has 0 saturated heterocycles. The predicted octanol–water partition coefficient (Wildman–Crippen LogP) is 1.59. The van der Waals surface area contributed by atoms with Crippen molar-refractivity contribution < 1.29 is 12.8 Å². The molecular weight excluding hydrogens is 267 g/mol. The first-order valence-corrected chi connectivity index (χ1v) is 8.18. The maximum absolute atomic E-state index is 12.7. The molecule has 1 aromatic rings. The van der Waals surface area contributed by atoms with E-state index in [1.54, 1.807) is 12.1 Å². The normalized spacial score (nSPS) is 12.0. The van der Waals surface area contributed by atoms with Crippen molar-refractivity contribution in [3.8, 4) is 0 Å². The zero-order chi connectivity index (χ0) is 14.3. The van der Waals surface area contributed by atoms with Crippen LogP contribution in [0.25, 0.3) is 0 Å². The Morgan fingerprint density at radius 1 is 1.26 bits per heavy atom. The van der Waals surface area contributed by atoms with Crippen LogP contribution >= 0.6 is 0 Å². The third kappa shape index (κ3) is 6.13. The Morgan fingerprint density at radius 2 is 1.89 bits per heavy atom. The molecule has 0 aromatic heterocycles. The standard InChI is InChI=1S/C13H21FN2O2S/c1-3-16(19(2,17)18)10-4-9-15-11-12-5-7-13(14)8-6-12/h5-8,15H,3-4,9-11H2,1-2H3. The molecule has 0 heterocycles. The highest BCUT2D eigenvalue weighted by Gasteiger charge is 2.12. The Labute approximate surface area is 114 Å². The number of hydrogen-bond donors (Lipinski definition) is 1. The van der Waals surface area contributed by atoms with E-state index in [-0.39, 0.29) is 5.82 Å². The summed E-state index contributed by atoms with van der Waals surface area (Å²) in [6, 6.07) is 6.33. The van der Waals surface area contributed by atoms with E-state index >= 15 is 0 Å². The highest BCUT2D eigenvalue weighted by atomic mass is 32.2. The van der Waals surface area contributed by atoms with Crippen LogP contribution in [0.1, 0.15) is 18.9 Å². The second-order valence-electron chi connectivity index (χ2n) is 4.41. The number of rotatable bonds is 8. The molecule has 1 rings (SSSR count). The van der Waals surface area contributed by atoms with Gasteiger partial charge in [-0.05, 0) is 30.7 Å². The van der Waals surface area contributed by atoms with E-state index in [0.717, 1.165) is 18.5 Å². The molecule has 0 aliphatic heterocycles. The Kier molecular flexibility index (Phi) is 6.41. The quantitative estimate of drug-likeness (QED) is 0.739. The lowest BCUT2D eigenvalue weighted by atomic mass is 10.2. The summed E-state index contributed by atoms with van der Waals surface area (Å²) in [5.74, 6) is -0.240.